The molecule has 0 spiro atoms. The molecule has 0 heterocycles. The van der Waals surface area contributed by atoms with Crippen molar-refractivity contribution in [3.63, 3.8) is 0 Å². The molecule has 0 bridgehead atoms. The molecule has 0 saturated heterocycles. The molecule has 0 saturated carbocycles. The fraction of sp³-hybridized carbons (Fsp3) is 0.278. The third-order valence-electron chi connectivity index (χ3n) is 3.89. The van der Waals surface area contributed by atoms with Crippen LogP contribution >= 0.6 is 0 Å². The zero-order valence-corrected chi connectivity index (χ0v) is 14.8. The smallest absolute Gasteiger partial charge is 0.241 e. The van der Waals surface area contributed by atoms with E-state index in [4.69, 9.17) is 5.73 Å². The lowest BCUT2D eigenvalue weighted by Crippen LogP contribution is -2.35. The SMILES string of the molecule is Cc1ccc(C(N)C(=O)NC(C)c2ccc(S(C)(=O)=O)cc2)cc1. The van der Waals surface area contributed by atoms with Crippen LogP contribution in [0.3, 0.4) is 0 Å². The lowest BCUT2D eigenvalue weighted by atomic mass is 10.0. The average Bonchev–Trinajstić information content (AvgIpc) is 2.54. The predicted octanol–water partition coefficient (Wildman–Crippen LogP) is 2.28. The van der Waals surface area contributed by atoms with Crippen LogP contribution in [0.5, 0.6) is 0 Å². The third kappa shape index (κ3) is 4.43. The molecular formula is C18H22N2O3S. The molecule has 0 fully saturated rings. The van der Waals surface area contributed by atoms with Crippen LogP contribution in [0.1, 0.15) is 35.7 Å². The van der Waals surface area contributed by atoms with Crippen molar-refractivity contribution >= 4 is 15.7 Å². The van der Waals surface area contributed by atoms with Crippen molar-refractivity contribution in [1.29, 1.82) is 0 Å². The van der Waals surface area contributed by atoms with Gasteiger partial charge in [0.1, 0.15) is 6.04 Å². The van der Waals surface area contributed by atoms with Crippen molar-refractivity contribution in [2.75, 3.05) is 6.26 Å². The van der Waals surface area contributed by atoms with Gasteiger partial charge in [-0.2, -0.15) is 0 Å². The summed E-state index contributed by atoms with van der Waals surface area (Å²) in [7, 11) is -3.23. The Hall–Kier alpha value is -2.18. The molecule has 0 aliphatic rings. The van der Waals surface area contributed by atoms with Gasteiger partial charge in [-0.25, -0.2) is 8.42 Å². The molecule has 24 heavy (non-hydrogen) atoms. The minimum Gasteiger partial charge on any atom is -0.348 e. The topological polar surface area (TPSA) is 89.3 Å². The summed E-state index contributed by atoms with van der Waals surface area (Å²) in [5.41, 5.74) is 8.67. The number of rotatable bonds is 5. The van der Waals surface area contributed by atoms with Gasteiger partial charge < -0.3 is 11.1 Å². The van der Waals surface area contributed by atoms with Crippen molar-refractivity contribution in [3.05, 3.63) is 65.2 Å². The van der Waals surface area contributed by atoms with E-state index in [-0.39, 0.29) is 16.8 Å². The lowest BCUT2D eigenvalue weighted by Gasteiger charge is -2.18. The van der Waals surface area contributed by atoms with Gasteiger partial charge in [0.15, 0.2) is 9.84 Å². The van der Waals surface area contributed by atoms with E-state index in [0.717, 1.165) is 22.9 Å². The highest BCUT2D eigenvalue weighted by molar-refractivity contribution is 7.90. The fourth-order valence-electron chi connectivity index (χ4n) is 2.32. The molecule has 2 unspecified atom stereocenters. The molecule has 2 atom stereocenters. The molecule has 0 aromatic heterocycles. The van der Waals surface area contributed by atoms with Crippen molar-refractivity contribution in [2.45, 2.75) is 30.8 Å². The first-order chi connectivity index (χ1) is 11.2. The van der Waals surface area contributed by atoms with Crippen LogP contribution in [-0.4, -0.2) is 20.6 Å². The number of hydrogen-bond acceptors (Lipinski definition) is 4. The van der Waals surface area contributed by atoms with Gasteiger partial charge in [-0.05, 0) is 37.1 Å². The second-order valence-electron chi connectivity index (χ2n) is 5.96. The van der Waals surface area contributed by atoms with Crippen LogP contribution in [0.15, 0.2) is 53.4 Å². The average molecular weight is 346 g/mol. The van der Waals surface area contributed by atoms with Gasteiger partial charge in [-0.15, -0.1) is 0 Å². The Morgan fingerprint density at radius 2 is 1.50 bits per heavy atom. The van der Waals surface area contributed by atoms with Crippen LogP contribution in [0.2, 0.25) is 0 Å². The van der Waals surface area contributed by atoms with Crippen molar-refractivity contribution in [2.24, 2.45) is 5.73 Å². The van der Waals surface area contributed by atoms with Crippen LogP contribution in [0, 0.1) is 6.92 Å². The highest BCUT2D eigenvalue weighted by Gasteiger charge is 2.18. The quantitative estimate of drug-likeness (QED) is 0.869. The molecule has 128 valence electrons. The Balaban J connectivity index is 2.06. The Labute approximate surface area is 142 Å². The van der Waals surface area contributed by atoms with E-state index in [1.54, 1.807) is 12.1 Å². The number of amides is 1. The van der Waals surface area contributed by atoms with Gasteiger partial charge in [0.05, 0.1) is 10.9 Å². The van der Waals surface area contributed by atoms with Crippen LogP contribution in [0.4, 0.5) is 0 Å². The molecule has 2 rings (SSSR count). The van der Waals surface area contributed by atoms with Crippen molar-refractivity contribution < 1.29 is 13.2 Å². The number of aryl methyl sites for hydroxylation is 1. The predicted molar refractivity (Wildman–Crippen MR) is 94.2 cm³/mol. The Kier molecular flexibility index (Phi) is 5.41. The van der Waals surface area contributed by atoms with E-state index >= 15 is 0 Å². The summed E-state index contributed by atoms with van der Waals surface area (Å²) in [6.07, 6.45) is 1.16. The summed E-state index contributed by atoms with van der Waals surface area (Å²) in [5, 5.41) is 2.85. The van der Waals surface area contributed by atoms with E-state index in [2.05, 4.69) is 5.32 Å². The zero-order chi connectivity index (χ0) is 17.9. The summed E-state index contributed by atoms with van der Waals surface area (Å²) in [6.45, 7) is 3.80. The molecule has 2 aromatic rings. The normalized spacial score (nSPS) is 14.0. The molecule has 3 N–H and O–H groups in total. The molecule has 0 aliphatic carbocycles. The van der Waals surface area contributed by atoms with Gasteiger partial charge in [0.25, 0.3) is 0 Å². The number of nitrogens with two attached hydrogens (primary N) is 1. The Bertz CT molecular complexity index is 812. The number of benzene rings is 2. The first-order valence-electron chi connectivity index (χ1n) is 7.61. The van der Waals surface area contributed by atoms with Gasteiger partial charge >= 0.3 is 0 Å². The standard InChI is InChI=1S/C18H22N2O3S/c1-12-4-6-15(7-5-12)17(19)18(21)20-13(2)14-8-10-16(11-9-14)24(3,22)23/h4-11,13,17H,19H2,1-3H3,(H,20,21). The first kappa shape index (κ1) is 18.2. The number of nitrogens with one attached hydrogen (secondary N) is 1. The fourth-order valence-corrected chi connectivity index (χ4v) is 2.95. The first-order valence-corrected chi connectivity index (χ1v) is 9.50. The largest absolute Gasteiger partial charge is 0.348 e. The minimum absolute atomic E-state index is 0.251. The third-order valence-corrected chi connectivity index (χ3v) is 5.01. The van der Waals surface area contributed by atoms with E-state index in [1.165, 1.54) is 12.1 Å². The number of sulfone groups is 1. The maximum atomic E-state index is 12.3. The van der Waals surface area contributed by atoms with E-state index in [9.17, 15) is 13.2 Å². The van der Waals surface area contributed by atoms with E-state index in [1.807, 2.05) is 38.1 Å². The molecule has 1 amide bonds. The second kappa shape index (κ2) is 7.15. The summed E-state index contributed by atoms with van der Waals surface area (Å²) >= 11 is 0. The Morgan fingerprint density at radius 3 is 2.00 bits per heavy atom. The second-order valence-corrected chi connectivity index (χ2v) is 7.98. The molecule has 5 nitrogen and oxygen atoms in total. The summed E-state index contributed by atoms with van der Waals surface area (Å²) in [5.74, 6) is -0.279. The highest BCUT2D eigenvalue weighted by Crippen LogP contribution is 2.18. The van der Waals surface area contributed by atoms with E-state index in [0.29, 0.717) is 0 Å². The maximum Gasteiger partial charge on any atom is 0.241 e. The van der Waals surface area contributed by atoms with Crippen molar-refractivity contribution in [1.82, 2.24) is 5.32 Å². The Morgan fingerprint density at radius 1 is 1.00 bits per heavy atom. The van der Waals surface area contributed by atoms with Gasteiger partial charge in [-0.1, -0.05) is 42.0 Å². The minimum atomic E-state index is -3.23. The van der Waals surface area contributed by atoms with E-state index < -0.39 is 15.9 Å². The monoisotopic (exact) mass is 346 g/mol. The number of carbonyl (C=O) groups excluding carboxylic acids is 1. The van der Waals surface area contributed by atoms with Gasteiger partial charge in [-0.3, -0.25) is 4.79 Å². The summed E-state index contributed by atoms with van der Waals surface area (Å²) in [4.78, 5) is 12.6. The molecule has 0 aliphatic heterocycles. The van der Waals surface area contributed by atoms with Crippen molar-refractivity contribution in [3.8, 4) is 0 Å². The van der Waals surface area contributed by atoms with Gasteiger partial charge in [0.2, 0.25) is 5.91 Å². The molecule has 0 radical (unpaired) electrons. The summed E-state index contributed by atoms with van der Waals surface area (Å²) < 4.78 is 23.0. The molecular weight excluding hydrogens is 324 g/mol. The van der Waals surface area contributed by atoms with Crippen LogP contribution in [-0.2, 0) is 14.6 Å². The van der Waals surface area contributed by atoms with Crippen LogP contribution < -0.4 is 11.1 Å². The lowest BCUT2D eigenvalue weighted by molar-refractivity contribution is -0.123. The molecule has 2 aromatic carbocycles. The van der Waals surface area contributed by atoms with Gasteiger partial charge in [0, 0.05) is 6.26 Å². The zero-order valence-electron chi connectivity index (χ0n) is 14.0. The summed E-state index contributed by atoms with van der Waals surface area (Å²) in [6, 6.07) is 12.9. The highest BCUT2D eigenvalue weighted by atomic mass is 32.2. The van der Waals surface area contributed by atoms with Crippen LogP contribution in [0.25, 0.3) is 0 Å². The molecule has 6 heteroatoms. The number of carbonyl (C=O) groups is 1. The number of hydrogen-bond donors (Lipinski definition) is 2. The maximum absolute atomic E-state index is 12.3.